The molecule has 2 rings (SSSR count). The van der Waals surface area contributed by atoms with Gasteiger partial charge in [-0.3, -0.25) is 4.79 Å². The zero-order valence-corrected chi connectivity index (χ0v) is 11.4. The van der Waals surface area contributed by atoms with Crippen molar-refractivity contribution in [3.63, 3.8) is 0 Å². The molecule has 0 aliphatic rings. The van der Waals surface area contributed by atoms with Crippen molar-refractivity contribution in [2.75, 3.05) is 11.4 Å². The lowest BCUT2D eigenvalue weighted by Crippen LogP contribution is -2.32. The number of rotatable bonds is 3. The molecular formula is C16H14F3NO. The van der Waals surface area contributed by atoms with Gasteiger partial charge in [0.2, 0.25) is 0 Å². The van der Waals surface area contributed by atoms with Crippen molar-refractivity contribution in [2.24, 2.45) is 0 Å². The third-order valence-corrected chi connectivity index (χ3v) is 3.09. The molecule has 5 heteroatoms. The van der Waals surface area contributed by atoms with Crippen LogP contribution in [0.3, 0.4) is 0 Å². The van der Waals surface area contributed by atoms with Gasteiger partial charge in [0, 0.05) is 12.2 Å². The van der Waals surface area contributed by atoms with E-state index >= 15 is 0 Å². The van der Waals surface area contributed by atoms with Crippen molar-refractivity contribution < 1.29 is 18.0 Å². The summed E-state index contributed by atoms with van der Waals surface area (Å²) in [5.74, 6) is -0.656. The average Bonchev–Trinajstić information content (AvgIpc) is 2.48. The minimum atomic E-state index is -4.55. The summed E-state index contributed by atoms with van der Waals surface area (Å²) in [7, 11) is 0. The zero-order valence-electron chi connectivity index (χ0n) is 11.4. The number of hydrogen-bond donors (Lipinski definition) is 0. The van der Waals surface area contributed by atoms with Gasteiger partial charge in [0.15, 0.2) is 0 Å². The molecule has 2 nitrogen and oxygen atoms in total. The molecule has 2 aromatic rings. The van der Waals surface area contributed by atoms with Crippen LogP contribution in [0.5, 0.6) is 0 Å². The summed E-state index contributed by atoms with van der Waals surface area (Å²) < 4.78 is 39.0. The molecule has 2 aromatic carbocycles. The van der Waals surface area contributed by atoms with Gasteiger partial charge in [-0.15, -0.1) is 0 Å². The normalized spacial score (nSPS) is 11.2. The van der Waals surface area contributed by atoms with Gasteiger partial charge in [-0.1, -0.05) is 30.3 Å². The third kappa shape index (κ3) is 3.24. The maximum Gasteiger partial charge on any atom is 0.417 e. The molecule has 0 N–H and O–H groups in total. The number of carbonyl (C=O) groups excluding carboxylic acids is 1. The minimum absolute atomic E-state index is 0.287. The molecule has 0 aromatic heterocycles. The molecule has 0 atom stereocenters. The molecule has 0 saturated carbocycles. The lowest BCUT2D eigenvalue weighted by Gasteiger charge is -2.23. The third-order valence-electron chi connectivity index (χ3n) is 3.09. The highest BCUT2D eigenvalue weighted by atomic mass is 19.4. The average molecular weight is 293 g/mol. The molecular weight excluding hydrogens is 279 g/mol. The number of hydrogen-bond acceptors (Lipinski definition) is 1. The van der Waals surface area contributed by atoms with Crippen LogP contribution < -0.4 is 4.90 Å². The fourth-order valence-corrected chi connectivity index (χ4v) is 2.11. The predicted molar refractivity (Wildman–Crippen MR) is 75.2 cm³/mol. The number of halogens is 3. The summed E-state index contributed by atoms with van der Waals surface area (Å²) >= 11 is 0. The molecule has 0 spiro atoms. The molecule has 1 amide bonds. The highest BCUT2D eigenvalue weighted by Crippen LogP contribution is 2.32. The Labute approximate surface area is 120 Å². The van der Waals surface area contributed by atoms with E-state index in [0.717, 1.165) is 6.07 Å². The first-order chi connectivity index (χ1) is 9.95. The van der Waals surface area contributed by atoms with Crippen LogP contribution in [0.4, 0.5) is 18.9 Å². The SMILES string of the molecule is CCN(C(=O)c1ccccc1C(F)(F)F)c1ccccc1. The second kappa shape index (κ2) is 5.99. The standard InChI is InChI=1S/C16H14F3NO/c1-2-20(12-8-4-3-5-9-12)15(21)13-10-6-7-11-14(13)16(17,18)19/h3-11H,2H2,1H3. The van der Waals surface area contributed by atoms with E-state index in [9.17, 15) is 18.0 Å². The van der Waals surface area contributed by atoms with Crippen LogP contribution in [0.2, 0.25) is 0 Å². The summed E-state index contributed by atoms with van der Waals surface area (Å²) in [6.45, 7) is 2.01. The summed E-state index contributed by atoms with van der Waals surface area (Å²) in [6.07, 6.45) is -4.55. The van der Waals surface area contributed by atoms with Crippen molar-refractivity contribution >= 4 is 11.6 Å². The van der Waals surface area contributed by atoms with Crippen LogP contribution in [0.1, 0.15) is 22.8 Å². The number of para-hydroxylation sites is 1. The lowest BCUT2D eigenvalue weighted by atomic mass is 10.1. The fraction of sp³-hybridized carbons (Fsp3) is 0.188. The van der Waals surface area contributed by atoms with Crippen molar-refractivity contribution in [1.82, 2.24) is 0 Å². The van der Waals surface area contributed by atoms with E-state index in [-0.39, 0.29) is 12.1 Å². The van der Waals surface area contributed by atoms with Gasteiger partial charge in [0.05, 0.1) is 11.1 Å². The Hall–Kier alpha value is -2.30. The van der Waals surface area contributed by atoms with E-state index in [1.54, 1.807) is 37.3 Å². The molecule has 0 unspecified atom stereocenters. The first-order valence-corrected chi connectivity index (χ1v) is 6.48. The lowest BCUT2D eigenvalue weighted by molar-refractivity contribution is -0.137. The number of carbonyl (C=O) groups is 1. The van der Waals surface area contributed by atoms with E-state index in [4.69, 9.17) is 0 Å². The summed E-state index contributed by atoms with van der Waals surface area (Å²) in [4.78, 5) is 13.8. The highest BCUT2D eigenvalue weighted by molar-refractivity contribution is 6.07. The number of amides is 1. The summed E-state index contributed by atoms with van der Waals surface area (Å²) in [6, 6.07) is 13.5. The van der Waals surface area contributed by atoms with Gasteiger partial charge in [-0.05, 0) is 31.2 Å². The number of alkyl halides is 3. The summed E-state index contributed by atoms with van der Waals surface area (Å²) in [5, 5.41) is 0. The molecule has 21 heavy (non-hydrogen) atoms. The number of benzene rings is 2. The number of anilines is 1. The maximum atomic E-state index is 13.0. The minimum Gasteiger partial charge on any atom is -0.309 e. The van der Waals surface area contributed by atoms with E-state index in [1.807, 2.05) is 0 Å². The zero-order chi connectivity index (χ0) is 15.5. The quantitative estimate of drug-likeness (QED) is 0.822. The first kappa shape index (κ1) is 15.1. The molecule has 0 bridgehead atoms. The van der Waals surface area contributed by atoms with Gasteiger partial charge in [0.1, 0.15) is 0 Å². The maximum absolute atomic E-state index is 13.0. The molecule has 0 heterocycles. The first-order valence-electron chi connectivity index (χ1n) is 6.48. The summed E-state index contributed by atoms with van der Waals surface area (Å²) in [5.41, 5.74) is -0.679. The van der Waals surface area contributed by atoms with Gasteiger partial charge >= 0.3 is 6.18 Å². The largest absolute Gasteiger partial charge is 0.417 e. The van der Waals surface area contributed by atoms with Crippen LogP contribution in [0, 0.1) is 0 Å². The van der Waals surface area contributed by atoms with Crippen LogP contribution in [-0.2, 0) is 6.18 Å². The Morgan fingerprint density at radius 3 is 2.14 bits per heavy atom. The number of nitrogens with zero attached hydrogens (tertiary/aromatic N) is 1. The molecule has 0 aliphatic carbocycles. The smallest absolute Gasteiger partial charge is 0.309 e. The van der Waals surface area contributed by atoms with Crippen molar-refractivity contribution in [3.8, 4) is 0 Å². The Morgan fingerprint density at radius 2 is 1.57 bits per heavy atom. The Morgan fingerprint density at radius 1 is 1.00 bits per heavy atom. The van der Waals surface area contributed by atoms with E-state index in [2.05, 4.69) is 0 Å². The van der Waals surface area contributed by atoms with Crippen molar-refractivity contribution in [2.45, 2.75) is 13.1 Å². The molecule has 0 saturated heterocycles. The molecule has 0 aliphatic heterocycles. The van der Waals surface area contributed by atoms with E-state index in [1.165, 1.54) is 23.1 Å². The van der Waals surface area contributed by atoms with Crippen LogP contribution in [0.15, 0.2) is 54.6 Å². The second-order valence-electron chi connectivity index (χ2n) is 4.43. The van der Waals surface area contributed by atoms with Gasteiger partial charge in [0.25, 0.3) is 5.91 Å². The van der Waals surface area contributed by atoms with Crippen molar-refractivity contribution in [1.29, 1.82) is 0 Å². The van der Waals surface area contributed by atoms with Gasteiger partial charge in [-0.2, -0.15) is 13.2 Å². The van der Waals surface area contributed by atoms with Crippen LogP contribution in [0.25, 0.3) is 0 Å². The Bertz CT molecular complexity index is 623. The van der Waals surface area contributed by atoms with Crippen molar-refractivity contribution in [3.05, 3.63) is 65.7 Å². The second-order valence-corrected chi connectivity index (χ2v) is 4.43. The predicted octanol–water partition coefficient (Wildman–Crippen LogP) is 4.37. The Kier molecular flexibility index (Phi) is 4.31. The molecule has 0 fully saturated rings. The fourth-order valence-electron chi connectivity index (χ4n) is 2.11. The van der Waals surface area contributed by atoms with Crippen LogP contribution >= 0.6 is 0 Å². The Balaban J connectivity index is 2.44. The van der Waals surface area contributed by atoms with Crippen LogP contribution in [-0.4, -0.2) is 12.5 Å². The topological polar surface area (TPSA) is 20.3 Å². The highest BCUT2D eigenvalue weighted by Gasteiger charge is 2.35. The van der Waals surface area contributed by atoms with E-state index in [0.29, 0.717) is 5.69 Å². The van der Waals surface area contributed by atoms with E-state index < -0.39 is 17.6 Å². The molecule has 0 radical (unpaired) electrons. The molecule has 110 valence electrons. The van der Waals surface area contributed by atoms with Gasteiger partial charge < -0.3 is 4.90 Å². The monoisotopic (exact) mass is 293 g/mol. The van der Waals surface area contributed by atoms with Gasteiger partial charge in [-0.25, -0.2) is 0 Å².